The SMILES string of the molecule is COC(=O)C1=C[C@H](c2ccccc2)[C@]2(C(=O)OC)C1[C@@H](c1ccccc1)[C@@H](c1ccc([N+](=O)[O-])cc1)N2c1ccccc1OC. The first kappa shape index (κ1) is 29.6. The first-order valence-corrected chi connectivity index (χ1v) is 14.5. The van der Waals surface area contributed by atoms with E-state index in [1.54, 1.807) is 19.2 Å². The molecule has 0 bridgehead atoms. The van der Waals surface area contributed by atoms with Crippen molar-refractivity contribution >= 4 is 23.3 Å². The van der Waals surface area contributed by atoms with Crippen LogP contribution in [0.15, 0.2) is 121 Å². The molecule has 1 aliphatic carbocycles. The van der Waals surface area contributed by atoms with E-state index < -0.39 is 46.2 Å². The highest BCUT2D eigenvalue weighted by atomic mass is 16.6. The molecule has 1 saturated heterocycles. The van der Waals surface area contributed by atoms with Crippen molar-refractivity contribution in [3.05, 3.63) is 148 Å². The number of carbonyl (C=O) groups is 2. The summed E-state index contributed by atoms with van der Waals surface area (Å²) in [6.45, 7) is 0. The van der Waals surface area contributed by atoms with E-state index in [1.807, 2.05) is 95.9 Å². The van der Waals surface area contributed by atoms with Crippen LogP contribution in [-0.2, 0) is 19.1 Å². The Morgan fingerprint density at radius 3 is 1.93 bits per heavy atom. The molecule has 228 valence electrons. The second kappa shape index (κ2) is 11.9. The van der Waals surface area contributed by atoms with Crippen molar-refractivity contribution in [1.29, 1.82) is 0 Å². The average Bonchev–Trinajstić information content (AvgIpc) is 3.60. The van der Waals surface area contributed by atoms with E-state index in [9.17, 15) is 19.7 Å². The molecule has 9 nitrogen and oxygen atoms in total. The van der Waals surface area contributed by atoms with Gasteiger partial charge in [0.2, 0.25) is 0 Å². The number of esters is 2. The number of carbonyl (C=O) groups excluding carboxylic acids is 2. The fourth-order valence-electron chi connectivity index (χ4n) is 7.40. The second-order valence-corrected chi connectivity index (χ2v) is 11.1. The maximum Gasteiger partial charge on any atom is 0.333 e. The fraction of sp³-hybridized carbons (Fsp3) is 0.222. The summed E-state index contributed by atoms with van der Waals surface area (Å²) in [5.41, 5.74) is 1.81. The van der Waals surface area contributed by atoms with E-state index in [0.29, 0.717) is 22.6 Å². The van der Waals surface area contributed by atoms with Crippen LogP contribution in [-0.4, -0.2) is 43.7 Å². The molecule has 0 saturated carbocycles. The molecule has 1 unspecified atom stereocenters. The van der Waals surface area contributed by atoms with E-state index in [2.05, 4.69) is 0 Å². The summed E-state index contributed by atoms with van der Waals surface area (Å²) in [6, 6.07) is 32.4. The summed E-state index contributed by atoms with van der Waals surface area (Å²) in [5.74, 6) is -2.47. The third-order valence-corrected chi connectivity index (χ3v) is 9.07. The minimum absolute atomic E-state index is 0.0583. The standard InChI is InChI=1S/C36H32N2O7/c1-43-30-17-11-10-16-29(30)37-33(25-18-20-26(21-19-25)38(41)42)31(24-14-8-5-9-15-24)32-27(34(39)44-2)22-28(23-12-6-4-7-13-23)36(32,37)35(40)45-3/h4-22,28,31-33H,1-3H3/t28-,31-,32?,33-,36-/m1/s1. The molecule has 0 spiro atoms. The summed E-state index contributed by atoms with van der Waals surface area (Å²) in [5, 5.41) is 11.6. The van der Waals surface area contributed by atoms with Gasteiger partial charge in [0.25, 0.3) is 5.69 Å². The Morgan fingerprint density at radius 2 is 1.36 bits per heavy atom. The largest absolute Gasteiger partial charge is 0.495 e. The lowest BCUT2D eigenvalue weighted by Crippen LogP contribution is -2.58. The van der Waals surface area contributed by atoms with Gasteiger partial charge in [0.05, 0.1) is 38.0 Å². The number of methoxy groups -OCH3 is 3. The van der Waals surface area contributed by atoms with Gasteiger partial charge in [0.15, 0.2) is 5.54 Å². The molecule has 4 aromatic carbocycles. The smallest absolute Gasteiger partial charge is 0.333 e. The summed E-state index contributed by atoms with van der Waals surface area (Å²) < 4.78 is 16.9. The van der Waals surface area contributed by atoms with Crippen molar-refractivity contribution in [1.82, 2.24) is 0 Å². The average molecular weight is 605 g/mol. The first-order valence-electron chi connectivity index (χ1n) is 14.5. The number of anilines is 1. The molecular formula is C36H32N2O7. The van der Waals surface area contributed by atoms with Gasteiger partial charge in [0, 0.05) is 35.5 Å². The normalized spacial score (nSPS) is 23.5. The van der Waals surface area contributed by atoms with Crippen LogP contribution in [0.4, 0.5) is 11.4 Å². The molecule has 1 heterocycles. The van der Waals surface area contributed by atoms with E-state index in [4.69, 9.17) is 14.2 Å². The van der Waals surface area contributed by atoms with Gasteiger partial charge in [0.1, 0.15) is 5.75 Å². The molecule has 4 aromatic rings. The summed E-state index contributed by atoms with van der Waals surface area (Å²) in [4.78, 5) is 41.7. The fourth-order valence-corrected chi connectivity index (χ4v) is 7.40. The maximum absolute atomic E-state index is 14.8. The quantitative estimate of drug-likeness (QED) is 0.130. The number of nitro benzene ring substituents is 1. The van der Waals surface area contributed by atoms with Crippen LogP contribution in [0.2, 0.25) is 0 Å². The molecule has 2 aliphatic rings. The van der Waals surface area contributed by atoms with Crippen LogP contribution in [0, 0.1) is 16.0 Å². The molecule has 1 fully saturated rings. The highest BCUT2D eigenvalue weighted by molar-refractivity contribution is 6.00. The molecule has 45 heavy (non-hydrogen) atoms. The number of nitrogens with zero attached hydrogens (tertiary/aromatic N) is 2. The van der Waals surface area contributed by atoms with E-state index >= 15 is 0 Å². The number of hydrogen-bond donors (Lipinski definition) is 0. The number of ether oxygens (including phenoxy) is 3. The van der Waals surface area contributed by atoms with Gasteiger partial charge in [-0.05, 0) is 28.8 Å². The Bertz CT molecular complexity index is 1760. The van der Waals surface area contributed by atoms with E-state index in [0.717, 1.165) is 11.1 Å². The second-order valence-electron chi connectivity index (χ2n) is 11.1. The van der Waals surface area contributed by atoms with Crippen LogP contribution < -0.4 is 9.64 Å². The highest BCUT2D eigenvalue weighted by Crippen LogP contribution is 2.67. The van der Waals surface area contributed by atoms with Gasteiger partial charge in [-0.25, -0.2) is 9.59 Å². The van der Waals surface area contributed by atoms with Crippen LogP contribution in [0.25, 0.3) is 0 Å². The van der Waals surface area contributed by atoms with Gasteiger partial charge < -0.3 is 19.1 Å². The zero-order chi connectivity index (χ0) is 31.7. The van der Waals surface area contributed by atoms with E-state index in [1.165, 1.54) is 26.4 Å². The number of rotatable bonds is 8. The Morgan fingerprint density at radius 1 is 0.756 bits per heavy atom. The molecule has 5 atom stereocenters. The van der Waals surface area contributed by atoms with Crippen molar-refractivity contribution < 1.29 is 28.7 Å². The zero-order valence-electron chi connectivity index (χ0n) is 25.0. The van der Waals surface area contributed by atoms with Gasteiger partial charge in [-0.1, -0.05) is 91.0 Å². The first-order chi connectivity index (χ1) is 21.9. The molecular weight excluding hydrogens is 572 g/mol. The van der Waals surface area contributed by atoms with Crippen molar-refractivity contribution in [2.75, 3.05) is 26.2 Å². The predicted octanol–water partition coefficient (Wildman–Crippen LogP) is 6.37. The maximum atomic E-state index is 14.8. The zero-order valence-corrected chi connectivity index (χ0v) is 25.0. The van der Waals surface area contributed by atoms with Crippen molar-refractivity contribution in [3.63, 3.8) is 0 Å². The molecule has 0 amide bonds. The van der Waals surface area contributed by atoms with Gasteiger partial charge >= 0.3 is 11.9 Å². The van der Waals surface area contributed by atoms with Crippen LogP contribution in [0.3, 0.4) is 0 Å². The van der Waals surface area contributed by atoms with Crippen LogP contribution >= 0.6 is 0 Å². The molecule has 6 rings (SSSR count). The summed E-state index contributed by atoms with van der Waals surface area (Å²) >= 11 is 0. The van der Waals surface area contributed by atoms with Gasteiger partial charge in [-0.3, -0.25) is 10.1 Å². The Balaban J connectivity index is 1.76. The monoisotopic (exact) mass is 604 g/mol. The Kier molecular flexibility index (Phi) is 7.85. The number of non-ortho nitro benzene ring substituents is 1. The molecule has 0 N–H and O–H groups in total. The van der Waals surface area contributed by atoms with Gasteiger partial charge in [-0.15, -0.1) is 0 Å². The molecule has 0 aromatic heterocycles. The summed E-state index contributed by atoms with van der Waals surface area (Å²) in [6.07, 6.45) is 1.84. The molecule has 9 heteroatoms. The van der Waals surface area contributed by atoms with Gasteiger partial charge in [-0.2, -0.15) is 0 Å². The number of hydrogen-bond acceptors (Lipinski definition) is 8. The molecule has 1 aliphatic heterocycles. The minimum atomic E-state index is -1.50. The van der Waals surface area contributed by atoms with Crippen molar-refractivity contribution in [2.24, 2.45) is 5.92 Å². The Labute approximate surface area is 260 Å². The lowest BCUT2D eigenvalue weighted by Gasteiger charge is -2.44. The van der Waals surface area contributed by atoms with Crippen LogP contribution in [0.1, 0.15) is 34.6 Å². The topological polar surface area (TPSA) is 108 Å². The third-order valence-electron chi connectivity index (χ3n) is 9.07. The minimum Gasteiger partial charge on any atom is -0.495 e. The number of fused-ring (bicyclic) bond motifs is 1. The predicted molar refractivity (Wildman–Crippen MR) is 168 cm³/mol. The third kappa shape index (κ3) is 4.63. The van der Waals surface area contributed by atoms with Crippen molar-refractivity contribution in [2.45, 2.75) is 23.4 Å². The summed E-state index contributed by atoms with van der Waals surface area (Å²) in [7, 11) is 4.24. The lowest BCUT2D eigenvalue weighted by molar-refractivity contribution is -0.384. The number of benzene rings is 4. The molecule has 0 radical (unpaired) electrons. The Hall–Kier alpha value is -5.44. The highest BCUT2D eigenvalue weighted by Gasteiger charge is 2.72. The van der Waals surface area contributed by atoms with E-state index in [-0.39, 0.29) is 5.69 Å². The van der Waals surface area contributed by atoms with Crippen molar-refractivity contribution in [3.8, 4) is 5.75 Å². The van der Waals surface area contributed by atoms with Crippen LogP contribution in [0.5, 0.6) is 5.75 Å². The number of nitro groups is 1. The lowest BCUT2D eigenvalue weighted by atomic mass is 9.70. The number of para-hydroxylation sites is 2.